The second-order valence-corrected chi connectivity index (χ2v) is 20.1. The number of aliphatic hydroxyl groups is 7. The van der Waals surface area contributed by atoms with Gasteiger partial charge in [-0.15, -0.1) is 0 Å². The number of carbonyl (C=O) groups excluding carboxylic acids is 1. The van der Waals surface area contributed by atoms with Crippen LogP contribution in [0.15, 0.2) is 12.2 Å². The topological polar surface area (TPSA) is 214 Å². The van der Waals surface area contributed by atoms with Crippen LogP contribution in [0.1, 0.15) is 232 Å². The second kappa shape index (κ2) is 43.2. The molecule has 0 radical (unpaired) electrons. The van der Waals surface area contributed by atoms with E-state index in [1.54, 1.807) is 0 Å². The van der Waals surface area contributed by atoms with Crippen molar-refractivity contribution < 1.29 is 69.0 Å². The molecule has 2 saturated heterocycles. The molecule has 2 fully saturated rings. The normalized spacial score (nSPS) is 25.7. The fourth-order valence-corrected chi connectivity index (χ4v) is 9.16. The predicted molar refractivity (Wildman–Crippen MR) is 271 cm³/mol. The third-order valence-corrected chi connectivity index (χ3v) is 13.8. The second-order valence-electron chi connectivity index (χ2n) is 20.1. The van der Waals surface area contributed by atoms with Crippen LogP contribution in [0.4, 0.5) is 0 Å². The summed E-state index contributed by atoms with van der Waals surface area (Å²) in [6.07, 6.45) is 29.8. The minimum absolute atomic E-state index is 0.0631. The molecule has 2 aliphatic rings. The first-order valence-corrected chi connectivity index (χ1v) is 28.3. The molecular formula is C55H104O14. The van der Waals surface area contributed by atoms with E-state index in [-0.39, 0.29) is 25.6 Å². The Morgan fingerprint density at radius 2 is 0.855 bits per heavy atom. The Morgan fingerprint density at radius 1 is 0.464 bits per heavy atom. The van der Waals surface area contributed by atoms with Gasteiger partial charge in [-0.25, -0.2) is 0 Å². The van der Waals surface area contributed by atoms with E-state index in [4.69, 9.17) is 28.4 Å². The molecule has 2 heterocycles. The molecule has 14 heteroatoms. The zero-order valence-corrected chi connectivity index (χ0v) is 43.6. The number of hydrogen-bond acceptors (Lipinski definition) is 14. The summed E-state index contributed by atoms with van der Waals surface area (Å²) in [6.45, 7) is 3.71. The molecule has 0 amide bonds. The van der Waals surface area contributed by atoms with Gasteiger partial charge in [-0.3, -0.25) is 4.79 Å². The Balaban J connectivity index is 1.72. The molecular weight excluding hydrogens is 885 g/mol. The third kappa shape index (κ3) is 30.5. The molecule has 0 aromatic heterocycles. The van der Waals surface area contributed by atoms with E-state index in [9.17, 15) is 40.5 Å². The van der Waals surface area contributed by atoms with Crippen molar-refractivity contribution in [1.82, 2.24) is 0 Å². The molecule has 0 aliphatic carbocycles. The van der Waals surface area contributed by atoms with Gasteiger partial charge in [0, 0.05) is 13.0 Å². The third-order valence-electron chi connectivity index (χ3n) is 13.8. The number of allylic oxidation sites excluding steroid dienone is 2. The SMILES string of the molecule is CCCCCCC/C=C\CCCCCCCCOCC(COC1OC(COC2OC(CO)C(O)C(O)C2O)C(O)C(O)C1O)OC(=O)CCCCCCCCCCCCCCCCCCCCCC. The van der Waals surface area contributed by atoms with E-state index in [2.05, 4.69) is 26.0 Å². The molecule has 14 nitrogen and oxygen atoms in total. The summed E-state index contributed by atoms with van der Waals surface area (Å²) in [5, 5.41) is 72.2. The van der Waals surface area contributed by atoms with Crippen LogP contribution in [0.2, 0.25) is 0 Å². The number of hydrogen-bond donors (Lipinski definition) is 7. The van der Waals surface area contributed by atoms with Crippen molar-refractivity contribution in [3.05, 3.63) is 12.2 Å². The van der Waals surface area contributed by atoms with Crippen LogP contribution in [-0.2, 0) is 33.2 Å². The van der Waals surface area contributed by atoms with Crippen molar-refractivity contribution in [3.8, 4) is 0 Å². The van der Waals surface area contributed by atoms with E-state index >= 15 is 0 Å². The lowest BCUT2D eigenvalue weighted by Crippen LogP contribution is -2.61. The van der Waals surface area contributed by atoms with E-state index in [1.165, 1.54) is 161 Å². The fraction of sp³-hybridized carbons (Fsp3) is 0.945. The quantitative estimate of drug-likeness (QED) is 0.0172. The van der Waals surface area contributed by atoms with Crippen molar-refractivity contribution in [3.63, 3.8) is 0 Å². The molecule has 2 aliphatic heterocycles. The number of aliphatic hydroxyl groups excluding tert-OH is 7. The molecule has 0 aromatic rings. The number of ether oxygens (including phenoxy) is 6. The van der Waals surface area contributed by atoms with Crippen LogP contribution in [0.3, 0.4) is 0 Å². The summed E-state index contributed by atoms with van der Waals surface area (Å²) >= 11 is 0. The molecule has 2 rings (SSSR count). The zero-order valence-electron chi connectivity index (χ0n) is 43.6. The minimum Gasteiger partial charge on any atom is -0.457 e. The number of rotatable bonds is 46. The highest BCUT2D eigenvalue weighted by Gasteiger charge is 2.47. The van der Waals surface area contributed by atoms with Crippen LogP contribution in [0.5, 0.6) is 0 Å². The highest BCUT2D eigenvalue weighted by atomic mass is 16.7. The summed E-state index contributed by atoms with van der Waals surface area (Å²) in [7, 11) is 0. The summed E-state index contributed by atoms with van der Waals surface area (Å²) in [4.78, 5) is 13.1. The van der Waals surface area contributed by atoms with Crippen molar-refractivity contribution >= 4 is 5.97 Å². The summed E-state index contributed by atoms with van der Waals surface area (Å²) < 4.78 is 34.4. The van der Waals surface area contributed by atoms with Crippen LogP contribution < -0.4 is 0 Å². The minimum atomic E-state index is -1.70. The molecule has 408 valence electrons. The summed E-state index contributed by atoms with van der Waals surface area (Å²) in [5.41, 5.74) is 0. The Hall–Kier alpha value is -1.27. The highest BCUT2D eigenvalue weighted by molar-refractivity contribution is 5.69. The van der Waals surface area contributed by atoms with Gasteiger partial charge in [0.25, 0.3) is 0 Å². The molecule has 0 bridgehead atoms. The van der Waals surface area contributed by atoms with Gasteiger partial charge in [0.1, 0.15) is 54.9 Å². The molecule has 11 unspecified atom stereocenters. The average Bonchev–Trinajstić information content (AvgIpc) is 3.35. The summed E-state index contributed by atoms with van der Waals surface area (Å²) in [6, 6.07) is 0. The largest absolute Gasteiger partial charge is 0.457 e. The van der Waals surface area contributed by atoms with Crippen molar-refractivity contribution in [2.24, 2.45) is 0 Å². The van der Waals surface area contributed by atoms with Crippen LogP contribution >= 0.6 is 0 Å². The van der Waals surface area contributed by atoms with E-state index in [0.29, 0.717) is 13.0 Å². The average molecular weight is 989 g/mol. The standard InChI is InChI=1S/C55H104O14/c1-3-5-7-9-11-13-15-17-19-20-21-22-23-24-26-28-30-32-34-36-38-47(57)67-44(41-64-39-37-35-33-31-29-27-25-18-16-14-12-10-8-6-4-2)42-65-54-53(63)51(61)49(59)46(69-54)43-66-55-52(62)50(60)48(58)45(40-56)68-55/h16,18,44-46,48-56,58-63H,3-15,17,19-43H2,1-2H3/b18-16-. The van der Waals surface area contributed by atoms with Gasteiger partial charge in [0.05, 0.1) is 26.4 Å². The van der Waals surface area contributed by atoms with Crippen LogP contribution in [0, 0.1) is 0 Å². The van der Waals surface area contributed by atoms with Gasteiger partial charge in [-0.05, 0) is 38.5 Å². The van der Waals surface area contributed by atoms with Gasteiger partial charge < -0.3 is 64.2 Å². The van der Waals surface area contributed by atoms with E-state index < -0.39 is 80.7 Å². The first-order valence-electron chi connectivity index (χ1n) is 28.3. The lowest BCUT2D eigenvalue weighted by molar-refractivity contribution is -0.332. The Bertz CT molecular complexity index is 1190. The first-order chi connectivity index (χ1) is 33.6. The summed E-state index contributed by atoms with van der Waals surface area (Å²) in [5.74, 6) is -0.372. The lowest BCUT2D eigenvalue weighted by atomic mass is 9.98. The number of carbonyl (C=O) groups is 1. The number of esters is 1. The molecule has 7 N–H and O–H groups in total. The maximum atomic E-state index is 13.1. The fourth-order valence-electron chi connectivity index (χ4n) is 9.16. The Kier molecular flexibility index (Phi) is 39.9. The van der Waals surface area contributed by atoms with E-state index in [1.807, 2.05) is 0 Å². The van der Waals surface area contributed by atoms with Crippen LogP contribution in [-0.4, -0.2) is 142 Å². The molecule has 69 heavy (non-hydrogen) atoms. The van der Waals surface area contributed by atoms with Crippen molar-refractivity contribution in [1.29, 1.82) is 0 Å². The van der Waals surface area contributed by atoms with E-state index in [0.717, 1.165) is 44.9 Å². The monoisotopic (exact) mass is 989 g/mol. The van der Waals surface area contributed by atoms with Gasteiger partial charge in [-0.1, -0.05) is 199 Å². The Morgan fingerprint density at radius 3 is 1.32 bits per heavy atom. The maximum Gasteiger partial charge on any atom is 0.306 e. The van der Waals surface area contributed by atoms with Crippen molar-refractivity contribution in [2.45, 2.75) is 300 Å². The maximum absolute atomic E-state index is 13.1. The zero-order chi connectivity index (χ0) is 50.2. The highest BCUT2D eigenvalue weighted by Crippen LogP contribution is 2.27. The molecule has 0 saturated carbocycles. The van der Waals surface area contributed by atoms with Gasteiger partial charge in [0.2, 0.25) is 0 Å². The molecule has 0 aromatic carbocycles. The lowest BCUT2D eigenvalue weighted by Gasteiger charge is -2.42. The number of unbranched alkanes of at least 4 members (excludes halogenated alkanes) is 30. The molecule has 11 atom stereocenters. The van der Waals surface area contributed by atoms with Gasteiger partial charge in [-0.2, -0.15) is 0 Å². The van der Waals surface area contributed by atoms with Crippen molar-refractivity contribution in [2.75, 3.05) is 33.0 Å². The smallest absolute Gasteiger partial charge is 0.306 e. The van der Waals surface area contributed by atoms with Crippen LogP contribution in [0.25, 0.3) is 0 Å². The van der Waals surface area contributed by atoms with Gasteiger partial charge in [0.15, 0.2) is 12.6 Å². The Labute approximate surface area is 418 Å². The predicted octanol–water partition coefficient (Wildman–Crippen LogP) is 9.41. The molecule has 0 spiro atoms. The van der Waals surface area contributed by atoms with Gasteiger partial charge >= 0.3 is 5.97 Å². The first kappa shape index (κ1) is 63.8.